The van der Waals surface area contributed by atoms with E-state index in [0.29, 0.717) is 5.69 Å². The quantitative estimate of drug-likeness (QED) is 0.755. The van der Waals surface area contributed by atoms with Crippen LogP contribution in [-0.2, 0) is 24.5 Å². The van der Waals surface area contributed by atoms with E-state index in [0.717, 1.165) is 6.26 Å². The van der Waals surface area contributed by atoms with Crippen molar-refractivity contribution in [2.24, 2.45) is 0 Å². The van der Waals surface area contributed by atoms with Crippen LogP contribution in [0.15, 0.2) is 23.1 Å². The summed E-state index contributed by atoms with van der Waals surface area (Å²) in [6.45, 7) is 0.181. The number of nitrogens with zero attached hydrogens (tertiary/aromatic N) is 1. The summed E-state index contributed by atoms with van der Waals surface area (Å²) in [5.74, 6) is -0.775. The molecule has 1 aromatic carbocycles. The van der Waals surface area contributed by atoms with Gasteiger partial charge in [-0.05, 0) is 12.1 Å². The van der Waals surface area contributed by atoms with Crippen LogP contribution in [0.1, 0.15) is 0 Å². The van der Waals surface area contributed by atoms with Gasteiger partial charge < -0.3 is 10.2 Å². The van der Waals surface area contributed by atoms with Crippen LogP contribution in [0.4, 0.5) is 11.4 Å². The standard InChI is InChI=1S/C12H14N2O5S2/c1-20(16,17)10-4-2-3-8-11(10)13-12(15)9-7-21(18,19)6-5-14(8)9/h2-4,9H,5-7H2,1H3,(H,13,15). The molecular weight excluding hydrogens is 316 g/mol. The molecule has 21 heavy (non-hydrogen) atoms. The van der Waals surface area contributed by atoms with Crippen LogP contribution in [0.2, 0.25) is 0 Å². The number of carbonyl (C=O) groups excluding carboxylic acids is 1. The SMILES string of the molecule is CS(=O)(=O)c1cccc2c1NC(=O)C1CS(=O)(=O)CCN21. The fourth-order valence-corrected chi connectivity index (χ4v) is 5.02. The molecule has 1 N–H and O–H groups in total. The van der Waals surface area contributed by atoms with Crippen LogP contribution in [0.25, 0.3) is 0 Å². The van der Waals surface area contributed by atoms with Crippen LogP contribution in [0, 0.1) is 0 Å². The molecule has 9 heteroatoms. The maximum atomic E-state index is 12.1. The smallest absolute Gasteiger partial charge is 0.248 e. The minimum atomic E-state index is -3.49. The maximum absolute atomic E-state index is 12.1. The topological polar surface area (TPSA) is 101 Å². The number of sulfone groups is 2. The molecule has 1 amide bonds. The molecule has 114 valence electrons. The van der Waals surface area contributed by atoms with Crippen LogP contribution in [0.5, 0.6) is 0 Å². The number of fused-ring (bicyclic) bond motifs is 3. The summed E-state index contributed by atoms with van der Waals surface area (Å²) in [7, 11) is -6.74. The molecule has 0 radical (unpaired) electrons. The van der Waals surface area contributed by atoms with E-state index in [1.807, 2.05) is 0 Å². The van der Waals surface area contributed by atoms with E-state index in [-0.39, 0.29) is 28.6 Å². The molecule has 1 unspecified atom stereocenters. The average molecular weight is 330 g/mol. The zero-order valence-corrected chi connectivity index (χ0v) is 12.9. The number of rotatable bonds is 1. The van der Waals surface area contributed by atoms with Gasteiger partial charge in [-0.3, -0.25) is 4.79 Å². The molecule has 2 aliphatic heterocycles. The maximum Gasteiger partial charge on any atom is 0.248 e. The van der Waals surface area contributed by atoms with Gasteiger partial charge in [0.2, 0.25) is 5.91 Å². The Bertz CT molecular complexity index is 829. The highest BCUT2D eigenvalue weighted by molar-refractivity contribution is 7.91. The predicted octanol–water partition coefficient (Wildman–Crippen LogP) is -0.354. The van der Waals surface area contributed by atoms with Crippen LogP contribution >= 0.6 is 0 Å². The highest BCUT2D eigenvalue weighted by Gasteiger charge is 2.41. The molecule has 3 rings (SSSR count). The second-order valence-electron chi connectivity index (χ2n) is 5.24. The van der Waals surface area contributed by atoms with E-state index in [2.05, 4.69) is 5.32 Å². The van der Waals surface area contributed by atoms with Crippen LogP contribution in [-0.4, -0.2) is 53.1 Å². The van der Waals surface area contributed by atoms with Gasteiger partial charge in [-0.2, -0.15) is 0 Å². The highest BCUT2D eigenvalue weighted by Crippen LogP contribution is 2.38. The molecule has 1 atom stereocenters. The zero-order chi connectivity index (χ0) is 15.4. The number of carbonyl (C=O) groups is 1. The molecule has 1 fully saturated rings. The summed E-state index contributed by atoms with van der Waals surface area (Å²) in [5.41, 5.74) is 0.790. The lowest BCUT2D eigenvalue weighted by molar-refractivity contribution is -0.117. The molecule has 7 nitrogen and oxygen atoms in total. The van der Waals surface area contributed by atoms with Crippen LogP contribution in [0.3, 0.4) is 0 Å². The van der Waals surface area contributed by atoms with Gasteiger partial charge in [0.15, 0.2) is 19.7 Å². The Hall–Kier alpha value is -1.61. The van der Waals surface area contributed by atoms with Gasteiger partial charge in [-0.1, -0.05) is 6.07 Å². The van der Waals surface area contributed by atoms with Crippen molar-refractivity contribution in [3.63, 3.8) is 0 Å². The summed E-state index contributed by atoms with van der Waals surface area (Å²) in [4.78, 5) is 13.9. The van der Waals surface area contributed by atoms with Crippen molar-refractivity contribution in [1.29, 1.82) is 0 Å². The van der Waals surface area contributed by atoms with Crippen molar-refractivity contribution in [3.8, 4) is 0 Å². The summed E-state index contributed by atoms with van der Waals surface area (Å²) in [6, 6.07) is 3.91. The number of benzene rings is 1. The van der Waals surface area contributed by atoms with Gasteiger partial charge in [-0.25, -0.2) is 16.8 Å². The average Bonchev–Trinajstić information content (AvgIpc) is 2.36. The van der Waals surface area contributed by atoms with Crippen molar-refractivity contribution in [1.82, 2.24) is 0 Å². The second kappa shape index (κ2) is 4.44. The summed E-state index contributed by atoms with van der Waals surface area (Å²) in [6.07, 6.45) is 1.07. The Morgan fingerprint density at radius 3 is 2.71 bits per heavy atom. The van der Waals surface area contributed by atoms with Crippen molar-refractivity contribution >= 4 is 37.0 Å². The van der Waals surface area contributed by atoms with Crippen molar-refractivity contribution < 1.29 is 21.6 Å². The number of nitrogens with one attached hydrogen (secondary N) is 1. The molecule has 0 spiro atoms. The molecule has 0 bridgehead atoms. The lowest BCUT2D eigenvalue weighted by atomic mass is 10.1. The molecule has 1 saturated heterocycles. The predicted molar refractivity (Wildman–Crippen MR) is 78.0 cm³/mol. The van der Waals surface area contributed by atoms with Gasteiger partial charge in [-0.15, -0.1) is 0 Å². The van der Waals surface area contributed by atoms with Gasteiger partial charge in [0.25, 0.3) is 0 Å². The molecule has 0 saturated carbocycles. The van der Waals surface area contributed by atoms with E-state index in [9.17, 15) is 21.6 Å². The van der Waals surface area contributed by atoms with E-state index in [1.54, 1.807) is 17.0 Å². The first-order chi connectivity index (χ1) is 9.69. The minimum Gasteiger partial charge on any atom is -0.356 e. The van der Waals surface area contributed by atoms with Crippen LogP contribution < -0.4 is 10.2 Å². The fourth-order valence-electron chi connectivity index (χ4n) is 2.71. The monoisotopic (exact) mass is 330 g/mol. The Balaban J connectivity index is 2.15. The number of anilines is 2. The summed E-state index contributed by atoms with van der Waals surface area (Å²) in [5, 5.41) is 2.55. The molecule has 2 heterocycles. The number of para-hydroxylation sites is 1. The van der Waals surface area contributed by atoms with Crippen molar-refractivity contribution in [3.05, 3.63) is 18.2 Å². The normalized spacial score (nSPS) is 24.0. The fraction of sp³-hybridized carbons (Fsp3) is 0.417. The molecule has 2 aliphatic rings. The second-order valence-corrected chi connectivity index (χ2v) is 9.45. The first-order valence-electron chi connectivity index (χ1n) is 6.30. The number of hydrogen-bond acceptors (Lipinski definition) is 6. The molecule has 1 aromatic rings. The zero-order valence-electron chi connectivity index (χ0n) is 11.2. The number of hydrogen-bond donors (Lipinski definition) is 1. The van der Waals surface area contributed by atoms with Gasteiger partial charge in [0.05, 0.1) is 27.8 Å². The molecule has 0 aliphatic carbocycles. The lowest BCUT2D eigenvalue weighted by Gasteiger charge is -2.41. The Labute approximate surface area is 122 Å². The van der Waals surface area contributed by atoms with Crippen molar-refractivity contribution in [2.75, 3.05) is 34.5 Å². The Morgan fingerprint density at radius 1 is 1.33 bits per heavy atom. The lowest BCUT2D eigenvalue weighted by Crippen LogP contribution is -2.57. The van der Waals surface area contributed by atoms with Gasteiger partial charge >= 0.3 is 0 Å². The van der Waals surface area contributed by atoms with E-state index in [4.69, 9.17) is 0 Å². The summed E-state index contributed by atoms with van der Waals surface area (Å²) >= 11 is 0. The third-order valence-electron chi connectivity index (χ3n) is 3.70. The van der Waals surface area contributed by atoms with E-state index in [1.165, 1.54) is 6.07 Å². The van der Waals surface area contributed by atoms with E-state index >= 15 is 0 Å². The molecular formula is C12H14N2O5S2. The third kappa shape index (κ3) is 2.40. The first kappa shape index (κ1) is 14.3. The van der Waals surface area contributed by atoms with Gasteiger partial charge in [0, 0.05) is 12.8 Å². The number of amides is 1. The van der Waals surface area contributed by atoms with Gasteiger partial charge in [0.1, 0.15) is 6.04 Å². The third-order valence-corrected chi connectivity index (χ3v) is 6.46. The Morgan fingerprint density at radius 2 is 2.05 bits per heavy atom. The van der Waals surface area contributed by atoms with E-state index < -0.39 is 31.6 Å². The first-order valence-corrected chi connectivity index (χ1v) is 10.0. The minimum absolute atomic E-state index is 0.0419. The Kier molecular flexibility index (Phi) is 3.03. The van der Waals surface area contributed by atoms with Crippen molar-refractivity contribution in [2.45, 2.75) is 10.9 Å². The highest BCUT2D eigenvalue weighted by atomic mass is 32.2. The summed E-state index contributed by atoms with van der Waals surface area (Å²) < 4.78 is 47.0. The largest absolute Gasteiger partial charge is 0.356 e. The molecule has 0 aromatic heterocycles.